The van der Waals surface area contributed by atoms with Crippen LogP contribution in [0.3, 0.4) is 0 Å². The topological polar surface area (TPSA) is 27.7 Å². The fraction of sp³-hybridized carbons (Fsp3) is 1.00. The molecule has 0 aromatic rings. The monoisotopic (exact) mass is 192 g/mol. The van der Waals surface area contributed by atoms with Crippen LogP contribution in [0.5, 0.6) is 0 Å². The third kappa shape index (κ3) is 24.5. The van der Waals surface area contributed by atoms with Gasteiger partial charge in [-0.25, -0.2) is 0 Å². The van der Waals surface area contributed by atoms with Crippen molar-refractivity contribution in [3.8, 4) is 0 Å². The van der Waals surface area contributed by atoms with Crippen LogP contribution < -0.4 is 0 Å². The van der Waals surface area contributed by atoms with Crippen molar-refractivity contribution in [3.63, 3.8) is 0 Å². The van der Waals surface area contributed by atoms with Crippen molar-refractivity contribution in [1.82, 2.24) is 0 Å². The van der Waals surface area contributed by atoms with Crippen LogP contribution in [0.25, 0.3) is 0 Å². The molecule has 3 nitrogen and oxygen atoms in total. The maximum Gasteiger partial charge on any atom is 0.0696 e. The predicted molar refractivity (Wildman–Crippen MR) is 55.1 cm³/mol. The van der Waals surface area contributed by atoms with Crippen molar-refractivity contribution in [2.24, 2.45) is 0 Å². The zero-order valence-corrected chi connectivity index (χ0v) is 9.79. The number of ether oxygens (including phenoxy) is 3. The largest absolute Gasteiger partial charge is 0.382 e. The van der Waals surface area contributed by atoms with Gasteiger partial charge in [-0.2, -0.15) is 0 Å². The second kappa shape index (κ2) is 11.9. The van der Waals surface area contributed by atoms with E-state index in [1.54, 1.807) is 14.2 Å². The molecule has 13 heavy (non-hydrogen) atoms. The lowest BCUT2D eigenvalue weighted by Gasteiger charge is -2.09. The van der Waals surface area contributed by atoms with Crippen LogP contribution in [0.1, 0.15) is 27.7 Å². The molecular formula is C10H24O3. The van der Waals surface area contributed by atoms with E-state index in [0.29, 0.717) is 25.4 Å². The maximum absolute atomic E-state index is 5.25. The van der Waals surface area contributed by atoms with Crippen molar-refractivity contribution in [2.75, 3.05) is 27.4 Å². The summed E-state index contributed by atoms with van der Waals surface area (Å²) < 4.78 is 14.6. The molecule has 0 N–H and O–H groups in total. The molecule has 0 saturated carbocycles. The first-order valence-electron chi connectivity index (χ1n) is 4.67. The van der Waals surface area contributed by atoms with Gasteiger partial charge in [-0.05, 0) is 27.7 Å². The van der Waals surface area contributed by atoms with Crippen molar-refractivity contribution >= 4 is 0 Å². The molecule has 0 heterocycles. The van der Waals surface area contributed by atoms with Crippen LogP contribution in [0, 0.1) is 0 Å². The van der Waals surface area contributed by atoms with Crippen LogP contribution in [-0.4, -0.2) is 39.6 Å². The van der Waals surface area contributed by atoms with Gasteiger partial charge in [0.15, 0.2) is 0 Å². The first-order chi connectivity index (χ1) is 6.04. The molecule has 0 spiro atoms. The van der Waals surface area contributed by atoms with Crippen molar-refractivity contribution in [1.29, 1.82) is 0 Å². The van der Waals surface area contributed by atoms with E-state index in [0.717, 1.165) is 0 Å². The van der Waals surface area contributed by atoms with E-state index in [1.165, 1.54) is 0 Å². The van der Waals surface area contributed by atoms with Gasteiger partial charge in [0.2, 0.25) is 0 Å². The Bertz CT molecular complexity index is 72.2. The smallest absolute Gasteiger partial charge is 0.0696 e. The Balaban J connectivity index is 0. The Morgan fingerprint density at radius 2 is 1.08 bits per heavy atom. The molecule has 0 atom stereocenters. The second-order valence-electron chi connectivity index (χ2n) is 3.22. The van der Waals surface area contributed by atoms with E-state index in [9.17, 15) is 0 Å². The van der Waals surface area contributed by atoms with Gasteiger partial charge in [-0.1, -0.05) is 0 Å². The highest BCUT2D eigenvalue weighted by Crippen LogP contribution is 1.93. The standard InChI is InChI=1S/C6H14O.C4H10O2/c1-5(2)7-6(3)4;1-5-3-4-6-2/h5-6H,1-4H3;3-4H2,1-2H3. The van der Waals surface area contributed by atoms with E-state index in [4.69, 9.17) is 4.74 Å². The average Bonchev–Trinajstić information content (AvgIpc) is 1.99. The fourth-order valence-electron chi connectivity index (χ4n) is 0.711. The molecule has 0 aromatic carbocycles. The number of methoxy groups -OCH3 is 2. The SMILES string of the molecule is CC(C)OC(C)C.COCCOC. The fourth-order valence-corrected chi connectivity index (χ4v) is 0.711. The van der Waals surface area contributed by atoms with Crippen LogP contribution in [0.15, 0.2) is 0 Å². The highest BCUT2D eigenvalue weighted by molar-refractivity contribution is 4.40. The van der Waals surface area contributed by atoms with Crippen molar-refractivity contribution < 1.29 is 14.2 Å². The molecule has 0 saturated heterocycles. The molecule has 0 aliphatic rings. The molecule has 0 aliphatic heterocycles. The predicted octanol–water partition coefficient (Wildman–Crippen LogP) is 2.10. The zero-order chi connectivity index (χ0) is 10.7. The summed E-state index contributed by atoms with van der Waals surface area (Å²) in [5.74, 6) is 0. The number of hydrogen-bond donors (Lipinski definition) is 0. The Labute approximate surface area is 82.4 Å². The maximum atomic E-state index is 5.25. The van der Waals surface area contributed by atoms with Gasteiger partial charge in [0.1, 0.15) is 0 Å². The molecule has 82 valence electrons. The van der Waals surface area contributed by atoms with E-state index in [1.807, 2.05) is 27.7 Å². The third-order valence-corrected chi connectivity index (χ3v) is 1.04. The first kappa shape index (κ1) is 15.4. The normalized spacial score (nSPS) is 10.2. The minimum atomic E-state index is 0.375. The molecule has 0 unspecified atom stereocenters. The molecule has 0 aromatic heterocycles. The van der Waals surface area contributed by atoms with Crippen molar-refractivity contribution in [2.45, 2.75) is 39.9 Å². The van der Waals surface area contributed by atoms with E-state index < -0.39 is 0 Å². The molecule has 3 heteroatoms. The van der Waals surface area contributed by atoms with Gasteiger partial charge in [0.05, 0.1) is 25.4 Å². The molecule has 0 rings (SSSR count). The van der Waals surface area contributed by atoms with Gasteiger partial charge < -0.3 is 14.2 Å². The number of hydrogen-bond acceptors (Lipinski definition) is 3. The second-order valence-corrected chi connectivity index (χ2v) is 3.22. The van der Waals surface area contributed by atoms with Gasteiger partial charge in [0.25, 0.3) is 0 Å². The highest BCUT2D eigenvalue weighted by atomic mass is 16.5. The Morgan fingerprint density at radius 1 is 0.769 bits per heavy atom. The Kier molecular flexibility index (Phi) is 14.0. The lowest BCUT2D eigenvalue weighted by atomic mass is 10.4. The van der Waals surface area contributed by atoms with Crippen LogP contribution in [0.4, 0.5) is 0 Å². The Hall–Kier alpha value is -0.120. The minimum absolute atomic E-state index is 0.375. The summed E-state index contributed by atoms with van der Waals surface area (Å²) in [5.41, 5.74) is 0. The molecule has 0 radical (unpaired) electrons. The Morgan fingerprint density at radius 3 is 1.15 bits per heavy atom. The minimum Gasteiger partial charge on any atom is -0.382 e. The van der Waals surface area contributed by atoms with E-state index >= 15 is 0 Å². The lowest BCUT2D eigenvalue weighted by Crippen LogP contribution is -2.09. The summed E-state index contributed by atoms with van der Waals surface area (Å²) in [6.45, 7) is 9.55. The summed E-state index contributed by atoms with van der Waals surface area (Å²) in [6, 6.07) is 0. The molecular weight excluding hydrogens is 168 g/mol. The quantitative estimate of drug-likeness (QED) is 0.624. The summed E-state index contributed by atoms with van der Waals surface area (Å²) in [5, 5.41) is 0. The van der Waals surface area contributed by atoms with Gasteiger partial charge in [-0.15, -0.1) is 0 Å². The highest BCUT2D eigenvalue weighted by Gasteiger charge is 1.94. The van der Waals surface area contributed by atoms with Crippen LogP contribution >= 0.6 is 0 Å². The summed E-state index contributed by atoms with van der Waals surface area (Å²) in [7, 11) is 3.30. The molecule has 0 amide bonds. The molecule has 0 fully saturated rings. The molecule has 0 aliphatic carbocycles. The van der Waals surface area contributed by atoms with Crippen LogP contribution in [0.2, 0.25) is 0 Å². The average molecular weight is 192 g/mol. The van der Waals surface area contributed by atoms with Crippen LogP contribution in [-0.2, 0) is 14.2 Å². The first-order valence-corrected chi connectivity index (χ1v) is 4.67. The van der Waals surface area contributed by atoms with E-state index in [-0.39, 0.29) is 0 Å². The number of rotatable bonds is 5. The van der Waals surface area contributed by atoms with E-state index in [2.05, 4.69) is 9.47 Å². The van der Waals surface area contributed by atoms with Gasteiger partial charge in [-0.3, -0.25) is 0 Å². The zero-order valence-electron chi connectivity index (χ0n) is 9.79. The van der Waals surface area contributed by atoms with Gasteiger partial charge >= 0.3 is 0 Å². The summed E-state index contributed by atoms with van der Waals surface area (Å²) >= 11 is 0. The molecule has 0 bridgehead atoms. The van der Waals surface area contributed by atoms with Gasteiger partial charge in [0, 0.05) is 14.2 Å². The van der Waals surface area contributed by atoms with Crippen molar-refractivity contribution in [3.05, 3.63) is 0 Å². The summed E-state index contributed by atoms with van der Waals surface area (Å²) in [4.78, 5) is 0. The third-order valence-electron chi connectivity index (χ3n) is 1.04. The summed E-state index contributed by atoms with van der Waals surface area (Å²) in [6.07, 6.45) is 0.750. The lowest BCUT2D eigenvalue weighted by molar-refractivity contribution is 0.0300.